The van der Waals surface area contributed by atoms with Gasteiger partial charge >= 0.3 is 0 Å². The number of aromatic nitrogens is 2. The van der Waals surface area contributed by atoms with Crippen LogP contribution >= 0.6 is 11.8 Å². The molecule has 4 nitrogen and oxygen atoms in total. The minimum absolute atomic E-state index is 0.0894. The summed E-state index contributed by atoms with van der Waals surface area (Å²) in [6.07, 6.45) is 1.68. The summed E-state index contributed by atoms with van der Waals surface area (Å²) in [5, 5.41) is 10.4. The maximum atomic E-state index is 13.1. The van der Waals surface area contributed by atoms with E-state index in [1.54, 1.807) is 37.2 Å². The second kappa shape index (κ2) is 8.18. The molecule has 3 rings (SSSR count). The van der Waals surface area contributed by atoms with Crippen LogP contribution < -0.4 is 4.74 Å². The van der Waals surface area contributed by atoms with Gasteiger partial charge in [0.05, 0.1) is 25.6 Å². The molecular weight excluding hydrogens is 339 g/mol. The molecule has 25 heavy (non-hydrogen) atoms. The van der Waals surface area contributed by atoms with Crippen LogP contribution in [0.4, 0.5) is 4.39 Å². The van der Waals surface area contributed by atoms with Crippen LogP contribution in [0.15, 0.2) is 59.9 Å². The summed E-state index contributed by atoms with van der Waals surface area (Å²) >= 11 is 1.59. The summed E-state index contributed by atoms with van der Waals surface area (Å²) in [6.45, 7) is 0.449. The summed E-state index contributed by atoms with van der Waals surface area (Å²) in [5.74, 6) is 1.30. The van der Waals surface area contributed by atoms with Gasteiger partial charge in [-0.05, 0) is 35.4 Å². The van der Waals surface area contributed by atoms with Gasteiger partial charge in [0, 0.05) is 12.3 Å². The summed E-state index contributed by atoms with van der Waals surface area (Å²) in [6, 6.07) is 14.3. The average Bonchev–Trinajstić information content (AvgIpc) is 3.03. The molecule has 0 amide bonds. The molecule has 0 bridgehead atoms. The maximum Gasteiger partial charge on any atom is 0.168 e. The van der Waals surface area contributed by atoms with Crippen molar-refractivity contribution >= 4 is 11.8 Å². The minimum Gasteiger partial charge on any atom is -0.497 e. The van der Waals surface area contributed by atoms with Crippen LogP contribution in [0.25, 0.3) is 0 Å². The van der Waals surface area contributed by atoms with Crippen molar-refractivity contribution in [3.05, 3.63) is 77.4 Å². The van der Waals surface area contributed by atoms with Gasteiger partial charge in [0.15, 0.2) is 5.16 Å². The molecule has 1 heterocycles. The van der Waals surface area contributed by atoms with Crippen molar-refractivity contribution in [1.82, 2.24) is 9.55 Å². The molecular formula is C19H19FN2O2S. The van der Waals surface area contributed by atoms with Crippen LogP contribution in [0.5, 0.6) is 5.75 Å². The van der Waals surface area contributed by atoms with Crippen LogP contribution in [0.2, 0.25) is 0 Å². The Balaban J connectivity index is 1.77. The second-order valence-corrected chi connectivity index (χ2v) is 6.49. The van der Waals surface area contributed by atoms with Crippen LogP contribution in [0, 0.1) is 5.82 Å². The summed E-state index contributed by atoms with van der Waals surface area (Å²) in [7, 11) is 1.65. The molecule has 0 unspecified atom stereocenters. The number of nitrogens with zero attached hydrogens (tertiary/aromatic N) is 2. The number of hydrogen-bond acceptors (Lipinski definition) is 4. The smallest absolute Gasteiger partial charge is 0.168 e. The summed E-state index contributed by atoms with van der Waals surface area (Å²) in [5.41, 5.74) is 2.82. The van der Waals surface area contributed by atoms with Crippen LogP contribution in [-0.2, 0) is 18.9 Å². The summed E-state index contributed by atoms with van der Waals surface area (Å²) < 4.78 is 20.3. The third-order valence-corrected chi connectivity index (χ3v) is 4.88. The topological polar surface area (TPSA) is 47.3 Å². The molecule has 0 atom stereocenters. The number of thioether (sulfide) groups is 1. The number of aliphatic hydroxyl groups excluding tert-OH is 1. The molecule has 2 aromatic carbocycles. The molecule has 1 N–H and O–H groups in total. The molecule has 0 radical (unpaired) electrons. The first kappa shape index (κ1) is 17.5. The van der Waals surface area contributed by atoms with Gasteiger partial charge in [-0.3, -0.25) is 0 Å². The standard InChI is InChI=1S/C19H19FN2O2S/c1-24-18-4-2-3-15(9-18)13-25-19-21-10-17(12-23)22(19)11-14-5-7-16(20)8-6-14/h2-10,23H,11-13H2,1H3. The molecule has 0 aliphatic heterocycles. The molecule has 0 spiro atoms. The van der Waals surface area contributed by atoms with Gasteiger partial charge in [0.2, 0.25) is 0 Å². The van der Waals surface area contributed by atoms with Crippen molar-refractivity contribution in [3.8, 4) is 5.75 Å². The lowest BCUT2D eigenvalue weighted by Crippen LogP contribution is -2.06. The fourth-order valence-electron chi connectivity index (χ4n) is 2.49. The van der Waals surface area contributed by atoms with Crippen LogP contribution in [-0.4, -0.2) is 21.8 Å². The zero-order valence-electron chi connectivity index (χ0n) is 13.9. The Morgan fingerprint density at radius 1 is 1.16 bits per heavy atom. The van der Waals surface area contributed by atoms with Gasteiger partial charge in [-0.2, -0.15) is 0 Å². The number of imidazole rings is 1. The third kappa shape index (κ3) is 4.41. The van der Waals surface area contributed by atoms with Crippen molar-refractivity contribution in [2.75, 3.05) is 7.11 Å². The van der Waals surface area contributed by atoms with E-state index in [1.807, 2.05) is 28.8 Å². The van der Waals surface area contributed by atoms with Gasteiger partial charge in [0.25, 0.3) is 0 Å². The molecule has 0 saturated carbocycles. The Labute approximate surface area is 150 Å². The summed E-state index contributed by atoms with van der Waals surface area (Å²) in [4.78, 5) is 4.42. The maximum absolute atomic E-state index is 13.1. The van der Waals surface area contributed by atoms with E-state index in [-0.39, 0.29) is 12.4 Å². The zero-order valence-corrected chi connectivity index (χ0v) is 14.7. The Morgan fingerprint density at radius 3 is 2.68 bits per heavy atom. The largest absolute Gasteiger partial charge is 0.497 e. The van der Waals surface area contributed by atoms with Crippen LogP contribution in [0.1, 0.15) is 16.8 Å². The SMILES string of the molecule is COc1cccc(CSc2ncc(CO)n2Cc2ccc(F)cc2)c1. The zero-order chi connectivity index (χ0) is 17.6. The number of halogens is 1. The number of ether oxygens (including phenoxy) is 1. The van der Waals surface area contributed by atoms with Crippen molar-refractivity contribution in [1.29, 1.82) is 0 Å². The quantitative estimate of drug-likeness (QED) is 0.652. The average molecular weight is 358 g/mol. The van der Waals surface area contributed by atoms with E-state index in [1.165, 1.54) is 12.1 Å². The van der Waals surface area contributed by atoms with E-state index in [4.69, 9.17) is 4.74 Å². The van der Waals surface area contributed by atoms with E-state index in [0.29, 0.717) is 6.54 Å². The van der Waals surface area contributed by atoms with Crippen molar-refractivity contribution in [2.45, 2.75) is 24.1 Å². The lowest BCUT2D eigenvalue weighted by atomic mass is 10.2. The van der Waals surface area contributed by atoms with E-state index in [0.717, 1.165) is 33.5 Å². The monoisotopic (exact) mass is 358 g/mol. The second-order valence-electron chi connectivity index (χ2n) is 5.54. The molecule has 6 heteroatoms. The number of benzene rings is 2. The predicted octanol–water partition coefficient (Wildman–Crippen LogP) is 3.86. The molecule has 0 aliphatic rings. The predicted molar refractivity (Wildman–Crippen MR) is 96.2 cm³/mol. The first-order chi connectivity index (χ1) is 12.2. The fourth-order valence-corrected chi connectivity index (χ4v) is 3.43. The van der Waals surface area contributed by atoms with Gasteiger partial charge in [-0.15, -0.1) is 0 Å². The van der Waals surface area contributed by atoms with Gasteiger partial charge < -0.3 is 14.4 Å². The number of hydrogen-bond donors (Lipinski definition) is 1. The van der Waals surface area contributed by atoms with Gasteiger partial charge in [-0.1, -0.05) is 36.0 Å². The first-order valence-electron chi connectivity index (χ1n) is 7.85. The Bertz CT molecular complexity index is 834. The van der Waals surface area contributed by atoms with E-state index in [9.17, 15) is 9.50 Å². The Kier molecular flexibility index (Phi) is 5.73. The molecule has 1 aromatic heterocycles. The molecule has 0 saturated heterocycles. The molecule has 0 aliphatic carbocycles. The van der Waals surface area contributed by atoms with Crippen molar-refractivity contribution in [2.24, 2.45) is 0 Å². The van der Waals surface area contributed by atoms with Gasteiger partial charge in [-0.25, -0.2) is 9.37 Å². The highest BCUT2D eigenvalue weighted by atomic mass is 32.2. The van der Waals surface area contributed by atoms with E-state index in [2.05, 4.69) is 4.98 Å². The Morgan fingerprint density at radius 2 is 1.96 bits per heavy atom. The lowest BCUT2D eigenvalue weighted by Gasteiger charge is -2.11. The number of rotatable bonds is 7. The van der Waals surface area contributed by atoms with E-state index < -0.39 is 0 Å². The fraction of sp³-hybridized carbons (Fsp3) is 0.211. The van der Waals surface area contributed by atoms with Crippen molar-refractivity contribution < 1.29 is 14.2 Å². The number of aliphatic hydroxyl groups is 1. The lowest BCUT2D eigenvalue weighted by molar-refractivity contribution is 0.270. The first-order valence-corrected chi connectivity index (χ1v) is 8.83. The van der Waals surface area contributed by atoms with Gasteiger partial charge in [0.1, 0.15) is 11.6 Å². The highest BCUT2D eigenvalue weighted by Gasteiger charge is 2.11. The van der Waals surface area contributed by atoms with Crippen molar-refractivity contribution in [3.63, 3.8) is 0 Å². The Hall–Kier alpha value is -2.31. The molecule has 3 aromatic rings. The van der Waals surface area contributed by atoms with E-state index >= 15 is 0 Å². The minimum atomic E-state index is -0.260. The third-order valence-electron chi connectivity index (χ3n) is 3.82. The highest BCUT2D eigenvalue weighted by Crippen LogP contribution is 2.25. The highest BCUT2D eigenvalue weighted by molar-refractivity contribution is 7.98. The molecule has 130 valence electrons. The van der Waals surface area contributed by atoms with Crippen LogP contribution in [0.3, 0.4) is 0 Å². The number of methoxy groups -OCH3 is 1. The normalized spacial score (nSPS) is 10.8. The molecule has 0 fully saturated rings.